The number of Topliss-reactive ketones (excluding diaryl/α,β-unsaturated/α-hetero) is 1. The van der Waals surface area contributed by atoms with Crippen molar-refractivity contribution in [1.29, 1.82) is 0 Å². The fourth-order valence-corrected chi connectivity index (χ4v) is 2.50. The van der Waals surface area contributed by atoms with Crippen LogP contribution in [0.3, 0.4) is 0 Å². The van der Waals surface area contributed by atoms with Gasteiger partial charge in [-0.2, -0.15) is 0 Å². The average molecular weight is 415 g/mol. The second kappa shape index (κ2) is 10.8. The summed E-state index contributed by atoms with van der Waals surface area (Å²) in [5, 5.41) is 2.70. The van der Waals surface area contributed by atoms with E-state index in [1.165, 1.54) is 33.1 Å². The summed E-state index contributed by atoms with van der Waals surface area (Å²) >= 11 is 0. The quantitative estimate of drug-likeness (QED) is 0.470. The van der Waals surface area contributed by atoms with E-state index < -0.39 is 24.6 Å². The van der Waals surface area contributed by atoms with Crippen LogP contribution in [-0.4, -0.2) is 44.6 Å². The SMILES string of the molecule is COc1ccc(CNC(=O)[C@H](C)OC(=O)COc2ccc(C(C)=O)cc2OC)cc1. The lowest BCUT2D eigenvalue weighted by Gasteiger charge is -2.15. The Morgan fingerprint density at radius 3 is 2.27 bits per heavy atom. The summed E-state index contributed by atoms with van der Waals surface area (Å²) in [7, 11) is 3.01. The van der Waals surface area contributed by atoms with Crippen molar-refractivity contribution in [1.82, 2.24) is 5.32 Å². The molecule has 8 heteroatoms. The Kier molecular flexibility index (Phi) is 8.22. The van der Waals surface area contributed by atoms with Crippen molar-refractivity contribution in [3.05, 3.63) is 53.6 Å². The molecule has 30 heavy (non-hydrogen) atoms. The molecule has 0 fully saturated rings. The molecule has 2 aromatic carbocycles. The number of carbonyl (C=O) groups is 3. The molecule has 2 aromatic rings. The van der Waals surface area contributed by atoms with Crippen molar-refractivity contribution in [2.75, 3.05) is 20.8 Å². The predicted octanol–water partition coefficient (Wildman–Crippen LogP) is 2.53. The number of nitrogens with one attached hydrogen (secondary N) is 1. The van der Waals surface area contributed by atoms with Crippen LogP contribution in [0.2, 0.25) is 0 Å². The number of ether oxygens (including phenoxy) is 4. The van der Waals surface area contributed by atoms with E-state index in [1.807, 2.05) is 12.1 Å². The van der Waals surface area contributed by atoms with Gasteiger partial charge in [0.1, 0.15) is 5.75 Å². The van der Waals surface area contributed by atoms with Crippen LogP contribution >= 0.6 is 0 Å². The molecule has 0 bridgehead atoms. The predicted molar refractivity (Wildman–Crippen MR) is 109 cm³/mol. The van der Waals surface area contributed by atoms with Crippen molar-refractivity contribution >= 4 is 17.7 Å². The van der Waals surface area contributed by atoms with E-state index in [1.54, 1.807) is 25.3 Å². The van der Waals surface area contributed by atoms with Crippen molar-refractivity contribution in [3.8, 4) is 17.2 Å². The highest BCUT2D eigenvalue weighted by Crippen LogP contribution is 2.28. The molecule has 0 aliphatic carbocycles. The van der Waals surface area contributed by atoms with E-state index in [0.717, 1.165) is 11.3 Å². The third-order valence-corrected chi connectivity index (χ3v) is 4.22. The van der Waals surface area contributed by atoms with Crippen molar-refractivity contribution in [2.45, 2.75) is 26.5 Å². The van der Waals surface area contributed by atoms with Crippen LogP contribution in [0, 0.1) is 0 Å². The van der Waals surface area contributed by atoms with Crippen LogP contribution in [0.4, 0.5) is 0 Å². The molecular formula is C22H25NO7. The first kappa shape index (κ1) is 22.7. The molecule has 0 spiro atoms. The van der Waals surface area contributed by atoms with Gasteiger partial charge in [0.15, 0.2) is 30.0 Å². The highest BCUT2D eigenvalue weighted by molar-refractivity contribution is 5.94. The summed E-state index contributed by atoms with van der Waals surface area (Å²) in [6.45, 7) is 2.80. The fraction of sp³-hybridized carbons (Fsp3) is 0.318. The highest BCUT2D eigenvalue weighted by atomic mass is 16.6. The largest absolute Gasteiger partial charge is 0.497 e. The summed E-state index contributed by atoms with van der Waals surface area (Å²) in [6.07, 6.45) is -0.985. The Labute approximate surface area is 175 Å². The molecule has 1 amide bonds. The lowest BCUT2D eigenvalue weighted by Crippen LogP contribution is -2.36. The molecule has 0 saturated heterocycles. The lowest BCUT2D eigenvalue weighted by molar-refractivity contribution is -0.156. The van der Waals surface area contributed by atoms with Crippen LogP contribution in [0.1, 0.15) is 29.8 Å². The topological polar surface area (TPSA) is 100 Å². The standard InChI is InChI=1S/C22H25NO7/c1-14(24)17-7-10-19(20(11-17)28-4)29-13-21(25)30-15(2)22(26)23-12-16-5-8-18(27-3)9-6-16/h5-11,15H,12-13H2,1-4H3,(H,23,26)/t15-/m0/s1. The number of rotatable bonds is 10. The maximum atomic E-state index is 12.1. The van der Waals surface area contributed by atoms with Gasteiger partial charge < -0.3 is 24.3 Å². The molecular weight excluding hydrogens is 390 g/mol. The van der Waals surface area contributed by atoms with Gasteiger partial charge in [-0.15, -0.1) is 0 Å². The van der Waals surface area contributed by atoms with E-state index in [9.17, 15) is 14.4 Å². The molecule has 1 N–H and O–H groups in total. The summed E-state index contributed by atoms with van der Waals surface area (Å²) in [4.78, 5) is 35.6. The molecule has 2 rings (SSSR count). The smallest absolute Gasteiger partial charge is 0.344 e. The average Bonchev–Trinajstić information content (AvgIpc) is 2.75. The van der Waals surface area contributed by atoms with E-state index in [0.29, 0.717) is 17.9 Å². The van der Waals surface area contributed by atoms with Gasteiger partial charge in [0.2, 0.25) is 0 Å². The Morgan fingerprint density at radius 2 is 1.67 bits per heavy atom. The second-order valence-electron chi connectivity index (χ2n) is 6.41. The third-order valence-electron chi connectivity index (χ3n) is 4.22. The first-order chi connectivity index (χ1) is 14.3. The zero-order chi connectivity index (χ0) is 22.1. The van der Waals surface area contributed by atoms with Gasteiger partial charge in [-0.05, 0) is 49.7 Å². The lowest BCUT2D eigenvalue weighted by atomic mass is 10.1. The summed E-state index contributed by atoms with van der Waals surface area (Å²) in [6, 6.07) is 11.9. The van der Waals surface area contributed by atoms with Crippen LogP contribution in [0.15, 0.2) is 42.5 Å². The first-order valence-electron chi connectivity index (χ1n) is 9.26. The first-order valence-corrected chi connectivity index (χ1v) is 9.26. The number of esters is 1. The van der Waals surface area contributed by atoms with Gasteiger partial charge in [0.25, 0.3) is 5.91 Å². The minimum atomic E-state index is -0.985. The molecule has 0 saturated carbocycles. The molecule has 0 aromatic heterocycles. The highest BCUT2D eigenvalue weighted by Gasteiger charge is 2.18. The van der Waals surface area contributed by atoms with Gasteiger partial charge in [-0.25, -0.2) is 4.79 Å². The van der Waals surface area contributed by atoms with Crippen molar-refractivity contribution < 1.29 is 33.3 Å². The van der Waals surface area contributed by atoms with Crippen molar-refractivity contribution in [2.24, 2.45) is 0 Å². The Hall–Kier alpha value is -3.55. The van der Waals surface area contributed by atoms with Gasteiger partial charge in [-0.3, -0.25) is 9.59 Å². The van der Waals surface area contributed by atoms with Gasteiger partial charge in [0.05, 0.1) is 14.2 Å². The Bertz CT molecular complexity index is 893. The van der Waals surface area contributed by atoms with Crippen LogP contribution in [0.25, 0.3) is 0 Å². The minimum Gasteiger partial charge on any atom is -0.497 e. The molecule has 0 radical (unpaired) electrons. The van der Waals surface area contributed by atoms with Gasteiger partial charge in [-0.1, -0.05) is 12.1 Å². The fourth-order valence-electron chi connectivity index (χ4n) is 2.50. The van der Waals surface area contributed by atoms with E-state index in [2.05, 4.69) is 5.32 Å². The van der Waals surface area contributed by atoms with Crippen LogP contribution in [-0.2, 0) is 20.9 Å². The van der Waals surface area contributed by atoms with Crippen LogP contribution in [0.5, 0.6) is 17.2 Å². The summed E-state index contributed by atoms with van der Waals surface area (Å²) in [5.41, 5.74) is 1.34. The Morgan fingerprint density at radius 1 is 0.967 bits per heavy atom. The van der Waals surface area contributed by atoms with E-state index in [4.69, 9.17) is 18.9 Å². The number of benzene rings is 2. The molecule has 0 heterocycles. The van der Waals surface area contributed by atoms with Gasteiger partial charge in [0, 0.05) is 12.1 Å². The van der Waals surface area contributed by atoms with Crippen molar-refractivity contribution in [3.63, 3.8) is 0 Å². The number of methoxy groups -OCH3 is 2. The Balaban J connectivity index is 1.82. The monoisotopic (exact) mass is 415 g/mol. The maximum absolute atomic E-state index is 12.1. The molecule has 0 aliphatic rings. The molecule has 1 atom stereocenters. The zero-order valence-corrected chi connectivity index (χ0v) is 17.4. The van der Waals surface area contributed by atoms with E-state index >= 15 is 0 Å². The molecule has 0 aliphatic heterocycles. The van der Waals surface area contributed by atoms with E-state index in [-0.39, 0.29) is 11.5 Å². The molecule has 8 nitrogen and oxygen atoms in total. The minimum absolute atomic E-state index is 0.117. The number of hydrogen-bond donors (Lipinski definition) is 1. The number of carbonyl (C=O) groups excluding carboxylic acids is 3. The molecule has 0 unspecified atom stereocenters. The third kappa shape index (κ3) is 6.51. The number of ketones is 1. The normalized spacial score (nSPS) is 11.2. The summed E-state index contributed by atoms with van der Waals surface area (Å²) < 4.78 is 20.8. The maximum Gasteiger partial charge on any atom is 0.344 e. The summed E-state index contributed by atoms with van der Waals surface area (Å²) in [5.74, 6) is 0.0767. The number of amides is 1. The number of hydrogen-bond acceptors (Lipinski definition) is 7. The zero-order valence-electron chi connectivity index (χ0n) is 17.4. The van der Waals surface area contributed by atoms with Crippen LogP contribution < -0.4 is 19.5 Å². The van der Waals surface area contributed by atoms with Gasteiger partial charge >= 0.3 is 5.97 Å². The molecule has 160 valence electrons. The second-order valence-corrected chi connectivity index (χ2v) is 6.41.